The molecule has 0 amide bonds. The van der Waals surface area contributed by atoms with E-state index in [-0.39, 0.29) is 5.41 Å². The van der Waals surface area contributed by atoms with Gasteiger partial charge >= 0.3 is 0 Å². The Balaban J connectivity index is 2.88. The normalized spacial score (nSPS) is 12.1. The van der Waals surface area contributed by atoms with Gasteiger partial charge < -0.3 is 0 Å². The minimum absolute atomic E-state index is 0.103. The molecule has 0 bridgehead atoms. The van der Waals surface area contributed by atoms with Crippen LogP contribution in [0.3, 0.4) is 0 Å². The number of aryl methyl sites for hydroxylation is 2. The summed E-state index contributed by atoms with van der Waals surface area (Å²) in [6, 6.07) is 4.18. The molecule has 1 aromatic heterocycles. The largest absolute Gasteiger partial charge is 0.253 e. The van der Waals surface area contributed by atoms with Crippen molar-refractivity contribution in [3.05, 3.63) is 35.2 Å². The van der Waals surface area contributed by atoms with Gasteiger partial charge in [0, 0.05) is 6.20 Å². The molecule has 0 saturated heterocycles. The van der Waals surface area contributed by atoms with Crippen LogP contribution in [0.25, 0.3) is 11.0 Å². The zero-order valence-electron chi connectivity index (χ0n) is 10.6. The smallest absolute Gasteiger partial charge is 0.0929 e. The maximum absolute atomic E-state index is 4.64. The Morgan fingerprint density at radius 2 is 1.75 bits per heavy atom. The Hall–Kier alpha value is -1.44. The van der Waals surface area contributed by atoms with E-state index in [1.807, 2.05) is 19.2 Å². The summed E-state index contributed by atoms with van der Waals surface area (Å²) in [5.74, 6) is 0. The second-order valence-corrected chi connectivity index (χ2v) is 5.39. The molecule has 1 aromatic carbocycles. The molecule has 84 valence electrons. The molecule has 2 rings (SSSR count). The molecule has 0 aliphatic carbocycles. The standard InChI is InChI=1S/C14H18N2/c1-9-6-7-11-13(12(9)14(3,4)5)16-10(2)8-15-11/h6-8H,1-5H3. The van der Waals surface area contributed by atoms with E-state index >= 15 is 0 Å². The molecule has 0 aliphatic rings. The molecule has 0 atom stereocenters. The molecule has 16 heavy (non-hydrogen) atoms. The van der Waals surface area contributed by atoms with Crippen LogP contribution in [0, 0.1) is 13.8 Å². The number of rotatable bonds is 0. The number of nitrogens with zero attached hydrogens (tertiary/aromatic N) is 2. The lowest BCUT2D eigenvalue weighted by atomic mass is 9.83. The van der Waals surface area contributed by atoms with Crippen LogP contribution in [0.5, 0.6) is 0 Å². The van der Waals surface area contributed by atoms with E-state index in [2.05, 4.69) is 43.7 Å². The Morgan fingerprint density at radius 3 is 2.38 bits per heavy atom. The van der Waals surface area contributed by atoms with Gasteiger partial charge in [0.05, 0.1) is 16.7 Å². The van der Waals surface area contributed by atoms with E-state index in [0.29, 0.717) is 0 Å². The summed E-state index contributed by atoms with van der Waals surface area (Å²) in [5.41, 5.74) is 5.71. The summed E-state index contributed by atoms with van der Waals surface area (Å²) in [6.07, 6.45) is 1.82. The van der Waals surface area contributed by atoms with Crippen molar-refractivity contribution in [1.29, 1.82) is 0 Å². The van der Waals surface area contributed by atoms with E-state index in [9.17, 15) is 0 Å². The summed E-state index contributed by atoms with van der Waals surface area (Å²) < 4.78 is 0. The molecule has 0 unspecified atom stereocenters. The minimum Gasteiger partial charge on any atom is -0.253 e. The van der Waals surface area contributed by atoms with Crippen molar-refractivity contribution in [2.24, 2.45) is 0 Å². The Morgan fingerprint density at radius 1 is 1.06 bits per heavy atom. The lowest BCUT2D eigenvalue weighted by molar-refractivity contribution is 0.590. The average molecular weight is 214 g/mol. The quantitative estimate of drug-likeness (QED) is 0.670. The van der Waals surface area contributed by atoms with E-state index < -0.39 is 0 Å². The van der Waals surface area contributed by atoms with Crippen molar-refractivity contribution in [3.8, 4) is 0 Å². The fourth-order valence-corrected chi connectivity index (χ4v) is 2.21. The molecule has 0 radical (unpaired) electrons. The van der Waals surface area contributed by atoms with Gasteiger partial charge in [-0.2, -0.15) is 0 Å². The van der Waals surface area contributed by atoms with Gasteiger partial charge in [-0.25, -0.2) is 4.98 Å². The van der Waals surface area contributed by atoms with Gasteiger partial charge in [-0.15, -0.1) is 0 Å². The van der Waals surface area contributed by atoms with Gasteiger partial charge in [0.15, 0.2) is 0 Å². The van der Waals surface area contributed by atoms with Crippen LogP contribution in [-0.2, 0) is 5.41 Å². The molecule has 1 heterocycles. The number of benzene rings is 1. The average Bonchev–Trinajstić information content (AvgIpc) is 2.14. The second kappa shape index (κ2) is 3.55. The zero-order valence-corrected chi connectivity index (χ0v) is 10.6. The zero-order chi connectivity index (χ0) is 11.9. The first-order valence-corrected chi connectivity index (χ1v) is 5.63. The molecule has 2 heteroatoms. The monoisotopic (exact) mass is 214 g/mol. The van der Waals surface area contributed by atoms with Crippen LogP contribution in [0.15, 0.2) is 18.3 Å². The van der Waals surface area contributed by atoms with Crippen LogP contribution < -0.4 is 0 Å². The van der Waals surface area contributed by atoms with Gasteiger partial charge in [0.25, 0.3) is 0 Å². The molecule has 0 aliphatic heterocycles. The third kappa shape index (κ3) is 1.80. The molecule has 2 aromatic rings. The summed E-state index contributed by atoms with van der Waals surface area (Å²) in [7, 11) is 0. The van der Waals surface area contributed by atoms with E-state index in [4.69, 9.17) is 0 Å². The highest BCUT2D eigenvalue weighted by Gasteiger charge is 2.20. The van der Waals surface area contributed by atoms with Crippen LogP contribution in [-0.4, -0.2) is 9.97 Å². The van der Waals surface area contributed by atoms with Crippen molar-refractivity contribution >= 4 is 11.0 Å². The highest BCUT2D eigenvalue weighted by atomic mass is 14.8. The summed E-state index contributed by atoms with van der Waals surface area (Å²) in [5, 5.41) is 0. The maximum Gasteiger partial charge on any atom is 0.0929 e. The van der Waals surface area contributed by atoms with Crippen LogP contribution in [0.4, 0.5) is 0 Å². The van der Waals surface area contributed by atoms with E-state index in [1.165, 1.54) is 11.1 Å². The number of hydrogen-bond acceptors (Lipinski definition) is 2. The van der Waals surface area contributed by atoms with Crippen molar-refractivity contribution in [1.82, 2.24) is 9.97 Å². The van der Waals surface area contributed by atoms with Crippen LogP contribution in [0.2, 0.25) is 0 Å². The molecule has 0 saturated carbocycles. The first kappa shape index (κ1) is 11.1. The maximum atomic E-state index is 4.64. The van der Waals surface area contributed by atoms with Crippen molar-refractivity contribution in [2.75, 3.05) is 0 Å². The fraction of sp³-hybridized carbons (Fsp3) is 0.429. The predicted octanol–water partition coefficient (Wildman–Crippen LogP) is 3.54. The summed E-state index contributed by atoms with van der Waals surface area (Å²) in [4.78, 5) is 9.07. The SMILES string of the molecule is Cc1cnc2ccc(C)c(C(C)(C)C)c2n1. The Bertz CT molecular complexity index is 531. The van der Waals surface area contributed by atoms with E-state index in [1.54, 1.807) is 0 Å². The van der Waals surface area contributed by atoms with Gasteiger partial charge in [-0.3, -0.25) is 4.98 Å². The second-order valence-electron chi connectivity index (χ2n) is 5.39. The van der Waals surface area contributed by atoms with Gasteiger partial charge in [0.1, 0.15) is 0 Å². The van der Waals surface area contributed by atoms with E-state index in [0.717, 1.165) is 16.7 Å². The summed E-state index contributed by atoms with van der Waals surface area (Å²) >= 11 is 0. The minimum atomic E-state index is 0.103. The van der Waals surface area contributed by atoms with Gasteiger partial charge in [-0.1, -0.05) is 26.8 Å². The summed E-state index contributed by atoms with van der Waals surface area (Å²) in [6.45, 7) is 10.8. The molecule has 0 fully saturated rings. The highest BCUT2D eigenvalue weighted by Crippen LogP contribution is 2.31. The van der Waals surface area contributed by atoms with Crippen molar-refractivity contribution < 1.29 is 0 Å². The molecular weight excluding hydrogens is 196 g/mol. The number of aromatic nitrogens is 2. The Labute approximate surface area is 96.7 Å². The third-order valence-corrected chi connectivity index (χ3v) is 2.79. The lowest BCUT2D eigenvalue weighted by Gasteiger charge is -2.23. The van der Waals surface area contributed by atoms with Crippen LogP contribution >= 0.6 is 0 Å². The fourth-order valence-electron chi connectivity index (χ4n) is 2.21. The third-order valence-electron chi connectivity index (χ3n) is 2.79. The molecule has 0 N–H and O–H groups in total. The topological polar surface area (TPSA) is 25.8 Å². The van der Waals surface area contributed by atoms with Crippen molar-refractivity contribution in [3.63, 3.8) is 0 Å². The van der Waals surface area contributed by atoms with Gasteiger partial charge in [-0.05, 0) is 36.5 Å². The Kier molecular flexibility index (Phi) is 2.45. The number of fused-ring (bicyclic) bond motifs is 1. The molecule has 0 spiro atoms. The van der Waals surface area contributed by atoms with Gasteiger partial charge in [0.2, 0.25) is 0 Å². The molecular formula is C14H18N2. The van der Waals surface area contributed by atoms with Crippen molar-refractivity contribution in [2.45, 2.75) is 40.0 Å². The highest BCUT2D eigenvalue weighted by molar-refractivity contribution is 5.80. The first-order chi connectivity index (χ1) is 7.39. The first-order valence-electron chi connectivity index (χ1n) is 5.63. The lowest BCUT2D eigenvalue weighted by Crippen LogP contribution is -2.14. The van der Waals surface area contributed by atoms with Crippen LogP contribution in [0.1, 0.15) is 37.6 Å². The predicted molar refractivity (Wildman–Crippen MR) is 67.7 cm³/mol. The molecule has 2 nitrogen and oxygen atoms in total. The number of hydrogen-bond donors (Lipinski definition) is 0.